The van der Waals surface area contributed by atoms with Gasteiger partial charge in [0.2, 0.25) is 5.91 Å². The topological polar surface area (TPSA) is 135 Å². The summed E-state index contributed by atoms with van der Waals surface area (Å²) < 4.78 is 46.5. The molecule has 3 N–H and O–H groups in total. The lowest BCUT2D eigenvalue weighted by Gasteiger charge is -2.30. The van der Waals surface area contributed by atoms with Gasteiger partial charge in [-0.05, 0) is 65.8 Å². The first-order valence-corrected chi connectivity index (χ1v) is 12.5. The normalized spacial score (nSPS) is 11.8. The number of rotatable bonds is 6. The summed E-state index contributed by atoms with van der Waals surface area (Å²) in [6.45, 7) is 12.4. The number of benzene rings is 2. The quantitative estimate of drug-likeness (QED) is 0.209. The molecule has 0 radical (unpaired) electrons. The van der Waals surface area contributed by atoms with Crippen molar-refractivity contribution in [2.45, 2.75) is 65.3 Å². The minimum absolute atomic E-state index is 0.0156. The molecule has 3 aromatic rings. The zero-order valence-electron chi connectivity index (χ0n) is 23.3. The van der Waals surface area contributed by atoms with Gasteiger partial charge >= 0.3 is 12.3 Å². The van der Waals surface area contributed by atoms with Crippen LogP contribution in [0.1, 0.15) is 63.9 Å². The molecule has 0 aliphatic carbocycles. The molecule has 41 heavy (non-hydrogen) atoms. The number of carbonyl (C=O) groups excluding carboxylic acids is 2. The molecular formula is C27H31ClF3N5O5. The van der Waals surface area contributed by atoms with Crippen LogP contribution in [0.2, 0.25) is 5.02 Å². The fourth-order valence-corrected chi connectivity index (χ4v) is 3.91. The van der Waals surface area contributed by atoms with E-state index in [9.17, 15) is 27.6 Å². The number of Topliss-reactive ketones (excluding diaryl/α,β-unsaturated/α-hetero) is 1. The lowest BCUT2D eigenvalue weighted by molar-refractivity contribution is -0.137. The van der Waals surface area contributed by atoms with Gasteiger partial charge in [-0.15, -0.1) is 0 Å². The van der Waals surface area contributed by atoms with Crippen LogP contribution in [0, 0.1) is 0 Å². The molecule has 0 fully saturated rings. The zero-order valence-corrected chi connectivity index (χ0v) is 24.0. The largest absolute Gasteiger partial charge is 0.465 e. The Labute approximate surface area is 239 Å². The fraction of sp³-hybridized carbons (Fsp3) is 0.370. The molecule has 0 spiro atoms. The molecule has 0 aliphatic heterocycles. The van der Waals surface area contributed by atoms with Crippen LogP contribution < -0.4 is 10.6 Å². The van der Waals surface area contributed by atoms with E-state index in [2.05, 4.69) is 56.9 Å². The van der Waals surface area contributed by atoms with Crippen LogP contribution in [0.3, 0.4) is 0 Å². The number of nitrogens with one attached hydrogen (secondary N) is 2. The van der Waals surface area contributed by atoms with Crippen molar-refractivity contribution in [2.75, 3.05) is 10.6 Å². The van der Waals surface area contributed by atoms with Crippen molar-refractivity contribution >= 4 is 40.8 Å². The van der Waals surface area contributed by atoms with E-state index >= 15 is 0 Å². The second-order valence-electron chi connectivity index (χ2n) is 10.7. The average molecular weight is 598 g/mol. The minimum atomic E-state index is -4.85. The lowest BCUT2D eigenvalue weighted by atomic mass is 10.1. The minimum Gasteiger partial charge on any atom is -0.465 e. The molecule has 0 saturated carbocycles. The Kier molecular flexibility index (Phi) is 10.6. The smallest absolute Gasteiger partial charge is 0.417 e. The summed E-state index contributed by atoms with van der Waals surface area (Å²) in [5.41, 5.74) is -1.53. The Hall–Kier alpha value is -3.97. The van der Waals surface area contributed by atoms with Gasteiger partial charge in [-0.3, -0.25) is 14.9 Å². The fourth-order valence-electron chi connectivity index (χ4n) is 3.64. The third-order valence-corrected chi connectivity index (χ3v) is 5.03. The van der Waals surface area contributed by atoms with Gasteiger partial charge in [-0.2, -0.15) is 18.3 Å². The first kappa shape index (κ1) is 33.2. The van der Waals surface area contributed by atoms with E-state index in [1.807, 2.05) is 5.32 Å². The van der Waals surface area contributed by atoms with Crippen LogP contribution in [0.4, 0.5) is 29.3 Å². The number of amides is 2. The Morgan fingerprint density at radius 3 is 2.07 bits per heavy atom. The maximum Gasteiger partial charge on any atom is 0.417 e. The highest BCUT2D eigenvalue weighted by Crippen LogP contribution is 2.39. The molecule has 0 saturated heterocycles. The van der Waals surface area contributed by atoms with Crippen molar-refractivity contribution in [2.24, 2.45) is 0 Å². The van der Waals surface area contributed by atoms with Crippen LogP contribution in [-0.4, -0.2) is 48.9 Å². The maximum atomic E-state index is 13.1. The Bertz CT molecular complexity index is 1370. The van der Waals surface area contributed by atoms with Crippen molar-refractivity contribution < 1.29 is 37.4 Å². The molecule has 2 amide bonds. The predicted octanol–water partition coefficient (Wildman–Crippen LogP) is 6.84. The van der Waals surface area contributed by atoms with Gasteiger partial charge in [0.25, 0.3) is 0 Å². The van der Waals surface area contributed by atoms with Gasteiger partial charge in [0, 0.05) is 5.56 Å². The molecule has 2 aromatic carbocycles. The van der Waals surface area contributed by atoms with E-state index < -0.39 is 46.7 Å². The molecule has 14 heteroatoms. The zero-order chi connectivity index (χ0) is 31.2. The van der Waals surface area contributed by atoms with E-state index in [1.165, 1.54) is 29.5 Å². The summed E-state index contributed by atoms with van der Waals surface area (Å²) in [6, 6.07) is 7.34. The number of carbonyl (C=O) groups is 3. The van der Waals surface area contributed by atoms with E-state index in [-0.39, 0.29) is 22.5 Å². The van der Waals surface area contributed by atoms with Crippen molar-refractivity contribution in [3.8, 4) is 5.69 Å². The summed E-state index contributed by atoms with van der Waals surface area (Å²) in [4.78, 5) is 39.6. The Morgan fingerprint density at radius 1 is 0.976 bits per heavy atom. The molecule has 0 atom stereocenters. The van der Waals surface area contributed by atoms with Crippen LogP contribution in [0.5, 0.6) is 0 Å². The molecule has 222 valence electrons. The summed E-state index contributed by atoms with van der Waals surface area (Å²) in [5.74, 6) is -1.58. The summed E-state index contributed by atoms with van der Waals surface area (Å²) in [7, 11) is 0. The number of ketones is 1. The second kappa shape index (κ2) is 13.1. The third kappa shape index (κ3) is 11.2. The van der Waals surface area contributed by atoms with E-state index in [0.717, 1.165) is 6.07 Å². The standard InChI is InChI=1S/C19H13ClF3N5O4.C8H18O/c20-13-6-15(27-18(31)32)14(5-12(13)19(21,22)23)26-17(30)7-16(29)10-2-1-3-11(4-10)28-9-24-8-25-28;1-7(2,3)9-8(4,5)6/h1-6,8-9,27H,7H2,(H,26,30)(H,31,32);1-6H3. The molecular weight excluding hydrogens is 567 g/mol. The van der Waals surface area contributed by atoms with E-state index in [1.54, 1.807) is 12.1 Å². The highest BCUT2D eigenvalue weighted by atomic mass is 35.5. The second-order valence-corrected chi connectivity index (χ2v) is 11.1. The maximum absolute atomic E-state index is 13.1. The highest BCUT2D eigenvalue weighted by Gasteiger charge is 2.34. The van der Waals surface area contributed by atoms with Crippen LogP contribution >= 0.6 is 11.6 Å². The summed E-state index contributed by atoms with van der Waals surface area (Å²) >= 11 is 5.60. The van der Waals surface area contributed by atoms with E-state index in [0.29, 0.717) is 11.8 Å². The number of nitrogens with zero attached hydrogens (tertiary/aromatic N) is 3. The number of anilines is 2. The number of ether oxygens (including phenoxy) is 1. The third-order valence-electron chi connectivity index (χ3n) is 4.71. The molecule has 0 unspecified atom stereocenters. The van der Waals surface area contributed by atoms with Crippen LogP contribution in [-0.2, 0) is 15.7 Å². The Morgan fingerprint density at radius 2 is 1.59 bits per heavy atom. The first-order chi connectivity index (χ1) is 18.7. The van der Waals surface area contributed by atoms with Crippen LogP contribution in [0.25, 0.3) is 5.69 Å². The van der Waals surface area contributed by atoms with Crippen molar-refractivity contribution in [3.05, 3.63) is 65.2 Å². The number of hydrogen-bond acceptors (Lipinski definition) is 6. The molecule has 10 nitrogen and oxygen atoms in total. The van der Waals surface area contributed by atoms with Crippen LogP contribution in [0.15, 0.2) is 49.1 Å². The molecule has 1 aromatic heterocycles. The molecule has 0 bridgehead atoms. The van der Waals surface area contributed by atoms with Gasteiger partial charge < -0.3 is 15.2 Å². The van der Waals surface area contributed by atoms with Crippen molar-refractivity contribution in [3.63, 3.8) is 0 Å². The monoisotopic (exact) mass is 597 g/mol. The average Bonchev–Trinajstić information content (AvgIpc) is 3.33. The van der Waals surface area contributed by atoms with Crippen molar-refractivity contribution in [1.29, 1.82) is 0 Å². The summed E-state index contributed by atoms with van der Waals surface area (Å²) in [6.07, 6.45) is -4.44. The van der Waals surface area contributed by atoms with Gasteiger partial charge in [0.05, 0.1) is 45.3 Å². The van der Waals surface area contributed by atoms with Gasteiger partial charge in [0.1, 0.15) is 12.7 Å². The van der Waals surface area contributed by atoms with Crippen molar-refractivity contribution in [1.82, 2.24) is 14.8 Å². The number of hydrogen-bond donors (Lipinski definition) is 3. The lowest BCUT2D eigenvalue weighted by Crippen LogP contribution is -2.31. The number of alkyl halides is 3. The van der Waals surface area contributed by atoms with Gasteiger partial charge in [-0.25, -0.2) is 14.5 Å². The summed E-state index contributed by atoms with van der Waals surface area (Å²) in [5, 5.41) is 16.0. The first-order valence-electron chi connectivity index (χ1n) is 12.1. The Balaban J connectivity index is 0.000000564. The van der Waals surface area contributed by atoms with Gasteiger partial charge in [0.15, 0.2) is 5.78 Å². The number of carboxylic acid groups (broad SMARTS) is 1. The SMILES string of the molecule is CC(C)(C)OC(C)(C)C.O=C(O)Nc1cc(Cl)c(C(F)(F)F)cc1NC(=O)CC(=O)c1cccc(-n2cncn2)c1. The molecule has 3 rings (SSSR count). The number of halogens is 4. The van der Waals surface area contributed by atoms with Gasteiger partial charge in [-0.1, -0.05) is 23.7 Å². The molecule has 1 heterocycles. The van der Waals surface area contributed by atoms with E-state index in [4.69, 9.17) is 21.4 Å². The number of aromatic nitrogens is 3. The molecule has 0 aliphatic rings. The predicted molar refractivity (Wildman–Crippen MR) is 148 cm³/mol. The highest BCUT2D eigenvalue weighted by molar-refractivity contribution is 6.32.